The van der Waals surface area contributed by atoms with Crippen molar-refractivity contribution in [3.8, 4) is 11.3 Å². The van der Waals surface area contributed by atoms with Crippen LogP contribution < -0.4 is 0 Å². The van der Waals surface area contributed by atoms with E-state index in [1.165, 1.54) is 11.3 Å². The molecule has 2 aromatic carbocycles. The van der Waals surface area contributed by atoms with Crippen molar-refractivity contribution in [2.45, 2.75) is 62.8 Å². The van der Waals surface area contributed by atoms with Gasteiger partial charge in [-0.25, -0.2) is 4.98 Å². The molecule has 0 aliphatic heterocycles. The van der Waals surface area contributed by atoms with Crippen LogP contribution in [0.15, 0.2) is 40.9 Å². The van der Waals surface area contributed by atoms with Gasteiger partial charge in [-0.1, -0.05) is 34.4 Å². The highest BCUT2D eigenvalue weighted by Gasteiger charge is 2.39. The van der Waals surface area contributed by atoms with Gasteiger partial charge in [0.1, 0.15) is 22.1 Å². The number of thiazole rings is 1. The molecule has 4 aromatic rings. The van der Waals surface area contributed by atoms with Crippen LogP contribution in [0.4, 0.5) is 0 Å². The fourth-order valence-corrected chi connectivity index (χ4v) is 6.94. The van der Waals surface area contributed by atoms with Crippen LogP contribution in [0.2, 0.25) is 10.0 Å². The Morgan fingerprint density at radius 1 is 1.15 bits per heavy atom. The van der Waals surface area contributed by atoms with Crippen LogP contribution in [0, 0.1) is 0 Å². The third kappa shape index (κ3) is 5.21. The Morgan fingerprint density at radius 3 is 2.54 bits per heavy atom. The number of rotatable bonds is 7. The third-order valence-electron chi connectivity index (χ3n) is 7.63. The summed E-state index contributed by atoms with van der Waals surface area (Å²) in [6, 6.07) is 10.9. The molecule has 204 valence electrons. The second-order valence-corrected chi connectivity index (χ2v) is 12.5. The smallest absolute Gasteiger partial charge is 0.253 e. The van der Waals surface area contributed by atoms with Crippen LogP contribution in [0.25, 0.3) is 21.5 Å². The molecule has 1 N–H and O–H groups in total. The zero-order valence-corrected chi connectivity index (χ0v) is 24.1. The van der Waals surface area contributed by atoms with E-state index in [0.717, 1.165) is 34.4 Å². The maximum Gasteiger partial charge on any atom is 0.253 e. The Bertz CT molecular complexity index is 1520. The molecule has 0 saturated heterocycles. The third-order valence-corrected chi connectivity index (χ3v) is 9.47. The summed E-state index contributed by atoms with van der Waals surface area (Å²) in [5.74, 6) is 1.16. The minimum Gasteiger partial charge on any atom is -0.383 e. The fourth-order valence-electron chi connectivity index (χ4n) is 5.21. The van der Waals surface area contributed by atoms with Crippen molar-refractivity contribution < 1.29 is 19.2 Å². The lowest BCUT2D eigenvalue weighted by atomic mass is 9.83. The Labute approximate surface area is 240 Å². The number of carbonyl (C=O) groups excluding carboxylic acids is 1. The first kappa shape index (κ1) is 26.7. The minimum absolute atomic E-state index is 0.0134. The highest BCUT2D eigenvalue weighted by atomic mass is 35.5. The molecule has 2 fully saturated rings. The van der Waals surface area contributed by atoms with E-state index >= 15 is 0 Å². The van der Waals surface area contributed by atoms with Crippen molar-refractivity contribution in [2.75, 3.05) is 14.1 Å². The van der Waals surface area contributed by atoms with Crippen molar-refractivity contribution in [1.29, 1.82) is 0 Å². The molecule has 10 heteroatoms. The molecule has 2 aliphatic rings. The quantitative estimate of drug-likeness (QED) is 0.247. The number of amides is 1. The van der Waals surface area contributed by atoms with Gasteiger partial charge in [-0.3, -0.25) is 4.79 Å². The van der Waals surface area contributed by atoms with E-state index in [1.807, 2.05) is 18.2 Å². The van der Waals surface area contributed by atoms with Crippen molar-refractivity contribution in [2.24, 2.45) is 0 Å². The monoisotopic (exact) mass is 585 g/mol. The summed E-state index contributed by atoms with van der Waals surface area (Å²) in [6.07, 6.45) is 4.61. The standard InChI is InChI=1S/C29H29Cl2N3O4S/c1-34(2)27(35)17-8-9-22-23(14-17)39-28(32-22)29(36)12-10-18(11-13-29)37-15-19-25(33-38-26(19)16-6-7-16)24-20(30)4-3-5-21(24)31/h3-5,8-9,14,16,18,36H,6-7,10-13,15H2,1-2H3. The Kier molecular flexibility index (Phi) is 7.18. The summed E-state index contributed by atoms with van der Waals surface area (Å²) in [7, 11) is 3.47. The number of ether oxygens (including phenoxy) is 1. The number of nitrogens with zero attached hydrogens (tertiary/aromatic N) is 3. The molecule has 7 nitrogen and oxygen atoms in total. The van der Waals surface area contributed by atoms with Gasteiger partial charge in [0.25, 0.3) is 5.91 Å². The summed E-state index contributed by atoms with van der Waals surface area (Å²) in [4.78, 5) is 18.6. The Hall–Kier alpha value is -2.49. The lowest BCUT2D eigenvalue weighted by molar-refractivity contribution is -0.0640. The molecule has 2 aromatic heterocycles. The average Bonchev–Trinajstić information content (AvgIpc) is 3.53. The van der Waals surface area contributed by atoms with Crippen molar-refractivity contribution in [3.63, 3.8) is 0 Å². The molecule has 2 saturated carbocycles. The number of carbonyl (C=O) groups is 1. The van der Waals surface area contributed by atoms with Crippen LogP contribution in [0.1, 0.15) is 71.1 Å². The molecular weight excluding hydrogens is 557 g/mol. The van der Waals surface area contributed by atoms with Gasteiger partial charge in [0.15, 0.2) is 0 Å². The molecule has 0 spiro atoms. The number of hydrogen-bond donors (Lipinski definition) is 1. The van der Waals surface area contributed by atoms with E-state index in [1.54, 1.807) is 37.2 Å². The predicted molar refractivity (Wildman–Crippen MR) is 153 cm³/mol. The molecule has 2 aliphatic carbocycles. The zero-order valence-electron chi connectivity index (χ0n) is 21.7. The van der Waals surface area contributed by atoms with Crippen LogP contribution in [0.5, 0.6) is 0 Å². The minimum atomic E-state index is -1.01. The van der Waals surface area contributed by atoms with Gasteiger partial charge >= 0.3 is 0 Å². The van der Waals surface area contributed by atoms with Crippen LogP contribution in [0.3, 0.4) is 0 Å². The summed E-state index contributed by atoms with van der Waals surface area (Å²) >= 11 is 14.4. The molecule has 0 atom stereocenters. The molecule has 0 unspecified atom stereocenters. The summed E-state index contributed by atoms with van der Waals surface area (Å²) in [6.45, 7) is 0.346. The molecule has 2 heterocycles. The highest BCUT2D eigenvalue weighted by molar-refractivity contribution is 7.18. The summed E-state index contributed by atoms with van der Waals surface area (Å²) < 4.78 is 13.0. The van der Waals surface area contributed by atoms with Crippen molar-refractivity contribution in [1.82, 2.24) is 15.0 Å². The van der Waals surface area contributed by atoms with Crippen LogP contribution in [-0.2, 0) is 16.9 Å². The van der Waals surface area contributed by atoms with E-state index in [2.05, 4.69) is 5.16 Å². The lowest BCUT2D eigenvalue weighted by Crippen LogP contribution is -2.34. The van der Waals surface area contributed by atoms with Crippen molar-refractivity contribution in [3.05, 3.63) is 68.3 Å². The van der Waals surface area contributed by atoms with Gasteiger partial charge in [0, 0.05) is 36.7 Å². The molecule has 0 bridgehead atoms. The van der Waals surface area contributed by atoms with Gasteiger partial charge in [0.2, 0.25) is 0 Å². The normalized spacial score (nSPS) is 21.4. The number of fused-ring (bicyclic) bond motifs is 1. The number of benzene rings is 2. The van der Waals surface area contributed by atoms with Gasteiger partial charge in [-0.2, -0.15) is 0 Å². The van der Waals surface area contributed by atoms with Gasteiger partial charge in [-0.15, -0.1) is 11.3 Å². The molecule has 6 rings (SSSR count). The maximum atomic E-state index is 12.4. The first-order valence-corrected chi connectivity index (χ1v) is 14.7. The number of hydrogen-bond acceptors (Lipinski definition) is 7. The van der Waals surface area contributed by atoms with E-state index in [0.29, 0.717) is 70.1 Å². The fraction of sp³-hybridized carbons (Fsp3) is 0.414. The van der Waals surface area contributed by atoms with Gasteiger partial charge < -0.3 is 19.3 Å². The van der Waals surface area contributed by atoms with E-state index in [-0.39, 0.29) is 12.0 Å². The zero-order chi connectivity index (χ0) is 27.3. The van der Waals surface area contributed by atoms with Gasteiger partial charge in [0.05, 0.1) is 33.0 Å². The van der Waals surface area contributed by atoms with E-state index < -0.39 is 5.60 Å². The topological polar surface area (TPSA) is 88.7 Å². The second kappa shape index (κ2) is 10.5. The Morgan fingerprint density at radius 2 is 1.87 bits per heavy atom. The second-order valence-electron chi connectivity index (χ2n) is 10.7. The molecular formula is C29H29Cl2N3O4S. The molecule has 1 amide bonds. The number of halogens is 2. The summed E-state index contributed by atoms with van der Waals surface area (Å²) in [5, 5.41) is 17.6. The first-order chi connectivity index (χ1) is 18.7. The van der Waals surface area contributed by atoms with Crippen LogP contribution >= 0.6 is 34.5 Å². The van der Waals surface area contributed by atoms with Crippen molar-refractivity contribution >= 4 is 50.7 Å². The van der Waals surface area contributed by atoms with E-state index in [9.17, 15) is 9.90 Å². The maximum absolute atomic E-state index is 12.4. The first-order valence-electron chi connectivity index (χ1n) is 13.1. The summed E-state index contributed by atoms with van der Waals surface area (Å²) in [5.41, 5.74) is 2.61. The van der Waals surface area contributed by atoms with E-state index in [4.69, 9.17) is 37.4 Å². The predicted octanol–water partition coefficient (Wildman–Crippen LogP) is 7.18. The molecule has 39 heavy (non-hydrogen) atoms. The Balaban J connectivity index is 1.16. The largest absolute Gasteiger partial charge is 0.383 e. The number of aliphatic hydroxyl groups is 1. The van der Waals surface area contributed by atoms with Crippen LogP contribution in [-0.4, -0.2) is 46.3 Å². The highest BCUT2D eigenvalue weighted by Crippen LogP contribution is 2.47. The average molecular weight is 587 g/mol. The molecule has 0 radical (unpaired) electrons. The van der Waals surface area contributed by atoms with Gasteiger partial charge in [-0.05, 0) is 68.9 Å². The lowest BCUT2D eigenvalue weighted by Gasteiger charge is -2.34. The SMILES string of the molecule is CN(C)C(=O)c1ccc2nc(C3(O)CCC(OCc4c(-c5c(Cl)cccc5Cl)noc4C4CC4)CC3)sc2c1. The number of aromatic nitrogens is 2.